The van der Waals surface area contributed by atoms with E-state index in [1.165, 1.54) is 5.56 Å². The third-order valence-corrected chi connectivity index (χ3v) is 4.97. The Morgan fingerprint density at radius 3 is 2.27 bits per heavy atom. The van der Waals surface area contributed by atoms with Crippen LogP contribution in [0.4, 0.5) is 5.69 Å². The van der Waals surface area contributed by atoms with Crippen molar-refractivity contribution < 1.29 is 9.53 Å². The Morgan fingerprint density at radius 2 is 1.65 bits per heavy atom. The molecule has 0 aliphatic carbocycles. The first-order valence-corrected chi connectivity index (χ1v) is 9.33. The third-order valence-electron chi connectivity index (χ3n) is 4.97. The van der Waals surface area contributed by atoms with E-state index >= 15 is 0 Å². The van der Waals surface area contributed by atoms with Crippen LogP contribution in [0.3, 0.4) is 0 Å². The largest absolute Gasteiger partial charge is 0.490 e. The van der Waals surface area contributed by atoms with Crippen molar-refractivity contribution in [3.05, 3.63) is 59.2 Å². The zero-order valence-electron chi connectivity index (χ0n) is 15.9. The molecule has 1 amide bonds. The molecular weight excluding hydrogens is 324 g/mol. The van der Waals surface area contributed by atoms with Crippen molar-refractivity contribution >= 4 is 11.6 Å². The number of piperidine rings is 1. The van der Waals surface area contributed by atoms with Crippen molar-refractivity contribution in [3.63, 3.8) is 0 Å². The second-order valence-electron chi connectivity index (χ2n) is 7.22. The SMILES string of the molecule is Cc1ccc(OC2CCN(CC(=O)Nc3c(C)cccc3C)CC2)cc1. The van der Waals surface area contributed by atoms with Crippen molar-refractivity contribution in [2.24, 2.45) is 0 Å². The number of nitrogens with one attached hydrogen (secondary N) is 1. The zero-order valence-corrected chi connectivity index (χ0v) is 15.9. The van der Waals surface area contributed by atoms with Crippen molar-refractivity contribution in [3.8, 4) is 5.75 Å². The van der Waals surface area contributed by atoms with Crippen LogP contribution in [0.2, 0.25) is 0 Å². The Balaban J connectivity index is 1.46. The van der Waals surface area contributed by atoms with E-state index in [1.54, 1.807) is 0 Å². The number of hydrogen-bond acceptors (Lipinski definition) is 3. The van der Waals surface area contributed by atoms with Crippen LogP contribution in [0.15, 0.2) is 42.5 Å². The normalized spacial score (nSPS) is 15.7. The maximum absolute atomic E-state index is 12.4. The van der Waals surface area contributed by atoms with Gasteiger partial charge in [-0.05, 0) is 56.9 Å². The van der Waals surface area contributed by atoms with Gasteiger partial charge in [-0.15, -0.1) is 0 Å². The average molecular weight is 352 g/mol. The van der Waals surface area contributed by atoms with Crippen LogP contribution >= 0.6 is 0 Å². The van der Waals surface area contributed by atoms with Gasteiger partial charge >= 0.3 is 0 Å². The van der Waals surface area contributed by atoms with Crippen LogP contribution in [0.5, 0.6) is 5.75 Å². The summed E-state index contributed by atoms with van der Waals surface area (Å²) in [7, 11) is 0. The number of benzene rings is 2. The van der Waals surface area contributed by atoms with Gasteiger partial charge in [0, 0.05) is 18.8 Å². The molecule has 4 nitrogen and oxygen atoms in total. The van der Waals surface area contributed by atoms with Gasteiger partial charge in [0.15, 0.2) is 0 Å². The van der Waals surface area contributed by atoms with Gasteiger partial charge in [0.1, 0.15) is 11.9 Å². The van der Waals surface area contributed by atoms with Crippen molar-refractivity contribution in [1.82, 2.24) is 4.90 Å². The molecule has 0 aromatic heterocycles. The Hall–Kier alpha value is -2.33. The molecule has 0 radical (unpaired) electrons. The van der Waals surface area contributed by atoms with Gasteiger partial charge in [-0.2, -0.15) is 0 Å². The van der Waals surface area contributed by atoms with Crippen LogP contribution < -0.4 is 10.1 Å². The van der Waals surface area contributed by atoms with Crippen LogP contribution in [0, 0.1) is 20.8 Å². The van der Waals surface area contributed by atoms with Crippen LogP contribution in [0.25, 0.3) is 0 Å². The molecule has 1 aliphatic heterocycles. The molecule has 1 N–H and O–H groups in total. The topological polar surface area (TPSA) is 41.6 Å². The van der Waals surface area contributed by atoms with Gasteiger partial charge < -0.3 is 10.1 Å². The summed E-state index contributed by atoms with van der Waals surface area (Å²) in [5, 5.41) is 3.07. The Morgan fingerprint density at radius 1 is 1.04 bits per heavy atom. The summed E-state index contributed by atoms with van der Waals surface area (Å²) in [6.07, 6.45) is 2.13. The summed E-state index contributed by atoms with van der Waals surface area (Å²) in [5.74, 6) is 0.988. The smallest absolute Gasteiger partial charge is 0.238 e. The van der Waals surface area contributed by atoms with E-state index in [4.69, 9.17) is 4.74 Å². The number of amides is 1. The quantitative estimate of drug-likeness (QED) is 0.881. The first-order valence-electron chi connectivity index (χ1n) is 9.33. The molecule has 1 saturated heterocycles. The van der Waals surface area contributed by atoms with E-state index in [0.29, 0.717) is 6.54 Å². The number of ether oxygens (including phenoxy) is 1. The highest BCUT2D eigenvalue weighted by molar-refractivity contribution is 5.93. The van der Waals surface area contributed by atoms with E-state index in [1.807, 2.05) is 44.2 Å². The second kappa shape index (κ2) is 8.37. The standard InChI is InChI=1S/C22H28N2O2/c1-16-7-9-19(10-8-16)26-20-11-13-24(14-12-20)15-21(25)23-22-17(2)5-4-6-18(22)3/h4-10,20H,11-15H2,1-3H3,(H,23,25). The van der Waals surface area contributed by atoms with Gasteiger partial charge in [-0.3, -0.25) is 9.69 Å². The summed E-state index contributed by atoms with van der Waals surface area (Å²) < 4.78 is 6.06. The number of anilines is 1. The van der Waals surface area contributed by atoms with Crippen LogP contribution in [-0.4, -0.2) is 36.5 Å². The highest BCUT2D eigenvalue weighted by Gasteiger charge is 2.22. The number of carbonyl (C=O) groups excluding carboxylic acids is 1. The fraction of sp³-hybridized carbons (Fsp3) is 0.409. The molecule has 2 aromatic carbocycles. The van der Waals surface area contributed by atoms with Gasteiger partial charge in [0.2, 0.25) is 5.91 Å². The number of nitrogens with zero attached hydrogens (tertiary/aromatic N) is 1. The van der Waals surface area contributed by atoms with Crippen LogP contribution in [-0.2, 0) is 4.79 Å². The summed E-state index contributed by atoms with van der Waals surface area (Å²) in [5.41, 5.74) is 4.38. The first-order chi connectivity index (χ1) is 12.5. The molecular formula is C22H28N2O2. The molecule has 1 fully saturated rings. The third kappa shape index (κ3) is 4.85. The van der Waals surface area contributed by atoms with Gasteiger partial charge in [-0.25, -0.2) is 0 Å². The number of rotatable bonds is 5. The molecule has 3 rings (SSSR count). The monoisotopic (exact) mass is 352 g/mol. The summed E-state index contributed by atoms with van der Waals surface area (Å²) in [6.45, 7) is 8.33. The minimum atomic E-state index is 0.0558. The van der Waals surface area contributed by atoms with Crippen molar-refractivity contribution in [2.45, 2.75) is 39.7 Å². The van der Waals surface area contributed by atoms with Crippen molar-refractivity contribution in [2.75, 3.05) is 25.0 Å². The highest BCUT2D eigenvalue weighted by Crippen LogP contribution is 2.21. The number of carbonyl (C=O) groups is 1. The van der Waals surface area contributed by atoms with Gasteiger partial charge in [0.05, 0.1) is 6.54 Å². The molecule has 0 bridgehead atoms. The number of likely N-dealkylation sites (tertiary alicyclic amines) is 1. The van der Waals surface area contributed by atoms with E-state index in [-0.39, 0.29) is 12.0 Å². The fourth-order valence-corrected chi connectivity index (χ4v) is 3.39. The molecule has 0 unspecified atom stereocenters. The predicted molar refractivity (Wildman–Crippen MR) is 106 cm³/mol. The number of para-hydroxylation sites is 1. The van der Waals surface area contributed by atoms with E-state index in [2.05, 4.69) is 29.3 Å². The molecule has 1 aliphatic rings. The lowest BCUT2D eigenvalue weighted by atomic mass is 10.1. The molecule has 26 heavy (non-hydrogen) atoms. The molecule has 4 heteroatoms. The lowest BCUT2D eigenvalue weighted by Crippen LogP contribution is -2.42. The van der Waals surface area contributed by atoms with E-state index < -0.39 is 0 Å². The molecule has 2 aromatic rings. The highest BCUT2D eigenvalue weighted by atomic mass is 16.5. The fourth-order valence-electron chi connectivity index (χ4n) is 3.39. The lowest BCUT2D eigenvalue weighted by Gasteiger charge is -2.31. The molecule has 0 atom stereocenters. The minimum absolute atomic E-state index is 0.0558. The number of aryl methyl sites for hydroxylation is 3. The average Bonchev–Trinajstić information content (AvgIpc) is 2.62. The maximum atomic E-state index is 12.4. The zero-order chi connectivity index (χ0) is 18.5. The Kier molecular flexibility index (Phi) is 5.94. The molecule has 1 heterocycles. The number of hydrogen-bond donors (Lipinski definition) is 1. The summed E-state index contributed by atoms with van der Waals surface area (Å²) in [4.78, 5) is 14.6. The summed E-state index contributed by atoms with van der Waals surface area (Å²) in [6, 6.07) is 14.3. The van der Waals surface area contributed by atoms with Gasteiger partial charge in [0.25, 0.3) is 0 Å². The van der Waals surface area contributed by atoms with E-state index in [9.17, 15) is 4.79 Å². The lowest BCUT2D eigenvalue weighted by molar-refractivity contribution is -0.117. The maximum Gasteiger partial charge on any atom is 0.238 e. The molecule has 0 spiro atoms. The Labute approximate surface area is 156 Å². The summed E-state index contributed by atoms with van der Waals surface area (Å²) >= 11 is 0. The predicted octanol–water partition coefficient (Wildman–Crippen LogP) is 4.09. The second-order valence-corrected chi connectivity index (χ2v) is 7.22. The first kappa shape index (κ1) is 18.5. The minimum Gasteiger partial charge on any atom is -0.490 e. The van der Waals surface area contributed by atoms with Crippen LogP contribution in [0.1, 0.15) is 29.5 Å². The Bertz CT molecular complexity index is 727. The van der Waals surface area contributed by atoms with Crippen molar-refractivity contribution in [1.29, 1.82) is 0 Å². The van der Waals surface area contributed by atoms with Gasteiger partial charge in [-0.1, -0.05) is 35.9 Å². The molecule has 138 valence electrons. The molecule has 0 saturated carbocycles. The van der Waals surface area contributed by atoms with E-state index in [0.717, 1.165) is 48.5 Å².